The Labute approximate surface area is 102 Å². The molecule has 3 unspecified atom stereocenters. The van der Waals surface area contributed by atoms with E-state index in [0.29, 0.717) is 12.5 Å². The molecule has 0 bridgehead atoms. The first-order chi connectivity index (χ1) is 8.13. The van der Waals surface area contributed by atoms with Gasteiger partial charge in [-0.05, 0) is 32.4 Å². The number of carbonyl (C=O) groups excluding carboxylic acids is 2. The van der Waals surface area contributed by atoms with Crippen molar-refractivity contribution in [1.82, 2.24) is 10.2 Å². The normalized spacial score (nSPS) is 42.6. The van der Waals surface area contributed by atoms with Crippen molar-refractivity contribution in [1.29, 1.82) is 0 Å². The van der Waals surface area contributed by atoms with Crippen LogP contribution in [0.3, 0.4) is 0 Å². The van der Waals surface area contributed by atoms with E-state index in [-0.39, 0.29) is 23.1 Å². The molecule has 0 saturated carbocycles. The van der Waals surface area contributed by atoms with Crippen molar-refractivity contribution in [2.75, 3.05) is 13.1 Å². The summed E-state index contributed by atoms with van der Waals surface area (Å²) in [6.45, 7) is 4.21. The van der Waals surface area contributed by atoms with Crippen LogP contribution in [-0.4, -0.2) is 35.8 Å². The Morgan fingerprint density at radius 1 is 1.29 bits per heavy atom. The van der Waals surface area contributed by atoms with Gasteiger partial charge in [-0.2, -0.15) is 0 Å². The molecule has 3 atom stereocenters. The minimum absolute atomic E-state index is 0.0201. The highest BCUT2D eigenvalue weighted by Crippen LogP contribution is 2.50. The van der Waals surface area contributed by atoms with Crippen LogP contribution in [0.2, 0.25) is 0 Å². The molecule has 0 aliphatic carbocycles. The predicted molar refractivity (Wildman–Crippen MR) is 63.2 cm³/mol. The van der Waals surface area contributed by atoms with Crippen molar-refractivity contribution in [2.45, 2.75) is 45.1 Å². The van der Waals surface area contributed by atoms with Gasteiger partial charge in [0.2, 0.25) is 11.8 Å². The van der Waals surface area contributed by atoms with Crippen molar-refractivity contribution in [2.24, 2.45) is 11.3 Å². The van der Waals surface area contributed by atoms with Crippen LogP contribution in [-0.2, 0) is 9.59 Å². The third-order valence-electron chi connectivity index (χ3n) is 5.15. The van der Waals surface area contributed by atoms with E-state index < -0.39 is 0 Å². The van der Waals surface area contributed by atoms with Gasteiger partial charge in [-0.3, -0.25) is 19.8 Å². The fourth-order valence-corrected chi connectivity index (χ4v) is 4.14. The Balaban J connectivity index is 1.93. The van der Waals surface area contributed by atoms with Gasteiger partial charge in [0.25, 0.3) is 0 Å². The van der Waals surface area contributed by atoms with Crippen LogP contribution in [0.25, 0.3) is 0 Å². The van der Waals surface area contributed by atoms with E-state index in [4.69, 9.17) is 0 Å². The molecule has 0 radical (unpaired) electrons. The molecule has 3 fully saturated rings. The SMILES string of the molecule is CC1C(=O)NC(=O)CC12CCN1CCCCC12. The molecule has 3 aliphatic heterocycles. The molecule has 4 heteroatoms. The van der Waals surface area contributed by atoms with Crippen LogP contribution in [0.4, 0.5) is 0 Å². The zero-order valence-corrected chi connectivity index (χ0v) is 10.4. The van der Waals surface area contributed by atoms with Crippen molar-refractivity contribution < 1.29 is 9.59 Å². The average Bonchev–Trinajstić information content (AvgIpc) is 2.67. The molecule has 3 aliphatic rings. The van der Waals surface area contributed by atoms with Gasteiger partial charge in [0.15, 0.2) is 0 Å². The predicted octanol–water partition coefficient (Wildman–Crippen LogP) is 0.914. The molecule has 3 heterocycles. The molecule has 3 saturated heterocycles. The van der Waals surface area contributed by atoms with Gasteiger partial charge < -0.3 is 0 Å². The molecule has 2 amide bonds. The molecular weight excluding hydrogens is 216 g/mol. The summed E-state index contributed by atoms with van der Waals surface area (Å²) in [5, 5.41) is 2.48. The molecule has 0 aromatic carbocycles. The van der Waals surface area contributed by atoms with Crippen molar-refractivity contribution in [3.05, 3.63) is 0 Å². The Morgan fingerprint density at radius 3 is 2.94 bits per heavy atom. The molecule has 3 rings (SSSR count). The third-order valence-corrected chi connectivity index (χ3v) is 5.15. The minimum atomic E-state index is -0.0696. The molecule has 0 aromatic heterocycles. The second kappa shape index (κ2) is 3.80. The number of hydrogen-bond donors (Lipinski definition) is 1. The van der Waals surface area contributed by atoms with Crippen LogP contribution in [0.1, 0.15) is 39.0 Å². The Bertz CT molecular complexity index is 368. The van der Waals surface area contributed by atoms with Gasteiger partial charge in [-0.1, -0.05) is 13.3 Å². The van der Waals surface area contributed by atoms with Crippen LogP contribution in [0.15, 0.2) is 0 Å². The van der Waals surface area contributed by atoms with Gasteiger partial charge in [0, 0.05) is 23.8 Å². The van der Waals surface area contributed by atoms with Crippen molar-refractivity contribution in [3.8, 4) is 0 Å². The number of rotatable bonds is 0. The molecule has 1 N–H and O–H groups in total. The maximum atomic E-state index is 11.9. The third kappa shape index (κ3) is 1.53. The maximum absolute atomic E-state index is 11.9. The van der Waals surface area contributed by atoms with Gasteiger partial charge in [0.05, 0.1) is 0 Å². The van der Waals surface area contributed by atoms with Gasteiger partial charge >= 0.3 is 0 Å². The maximum Gasteiger partial charge on any atom is 0.230 e. The number of hydrogen-bond acceptors (Lipinski definition) is 3. The second-order valence-corrected chi connectivity index (χ2v) is 5.84. The van der Waals surface area contributed by atoms with E-state index in [9.17, 15) is 9.59 Å². The lowest BCUT2D eigenvalue weighted by Crippen LogP contribution is -2.56. The summed E-state index contributed by atoms with van der Waals surface area (Å²) in [7, 11) is 0. The zero-order valence-electron chi connectivity index (χ0n) is 10.4. The van der Waals surface area contributed by atoms with E-state index in [1.165, 1.54) is 12.8 Å². The van der Waals surface area contributed by atoms with Crippen LogP contribution >= 0.6 is 0 Å². The summed E-state index contributed by atoms with van der Waals surface area (Å²) in [6, 6.07) is 0.459. The van der Waals surface area contributed by atoms with E-state index >= 15 is 0 Å². The zero-order chi connectivity index (χ0) is 12.0. The van der Waals surface area contributed by atoms with E-state index in [1.807, 2.05) is 6.92 Å². The van der Waals surface area contributed by atoms with E-state index in [1.54, 1.807) is 0 Å². The monoisotopic (exact) mass is 236 g/mol. The Hall–Kier alpha value is -0.900. The summed E-state index contributed by atoms with van der Waals surface area (Å²) in [5.41, 5.74) is -0.0696. The Kier molecular flexibility index (Phi) is 2.51. The van der Waals surface area contributed by atoms with Crippen molar-refractivity contribution in [3.63, 3.8) is 0 Å². The summed E-state index contributed by atoms with van der Waals surface area (Å²) >= 11 is 0. The largest absolute Gasteiger partial charge is 0.300 e. The number of nitrogens with one attached hydrogen (secondary N) is 1. The fourth-order valence-electron chi connectivity index (χ4n) is 4.14. The summed E-state index contributed by atoms with van der Waals surface area (Å²) < 4.78 is 0. The number of fused-ring (bicyclic) bond motifs is 2. The first kappa shape index (κ1) is 11.2. The standard InChI is InChI=1S/C13H20N2O2/c1-9-12(17)14-11(16)8-13(9)5-7-15-6-3-2-4-10(13)15/h9-10H,2-8H2,1H3,(H,14,16,17). The molecule has 17 heavy (non-hydrogen) atoms. The van der Waals surface area contributed by atoms with Crippen molar-refractivity contribution >= 4 is 11.8 Å². The highest BCUT2D eigenvalue weighted by molar-refractivity contribution is 5.99. The molecular formula is C13H20N2O2. The highest BCUT2D eigenvalue weighted by atomic mass is 16.2. The smallest absolute Gasteiger partial charge is 0.230 e. The Morgan fingerprint density at radius 2 is 2.12 bits per heavy atom. The fraction of sp³-hybridized carbons (Fsp3) is 0.846. The lowest BCUT2D eigenvalue weighted by molar-refractivity contribution is -0.144. The van der Waals surface area contributed by atoms with E-state index in [2.05, 4.69) is 10.2 Å². The number of nitrogens with zero attached hydrogens (tertiary/aromatic N) is 1. The van der Waals surface area contributed by atoms with Crippen LogP contribution in [0, 0.1) is 11.3 Å². The first-order valence-electron chi connectivity index (χ1n) is 6.71. The topological polar surface area (TPSA) is 49.4 Å². The molecule has 4 nitrogen and oxygen atoms in total. The van der Waals surface area contributed by atoms with E-state index in [0.717, 1.165) is 25.9 Å². The molecule has 94 valence electrons. The summed E-state index contributed by atoms with van der Waals surface area (Å²) in [6.07, 6.45) is 5.22. The first-order valence-corrected chi connectivity index (χ1v) is 6.71. The number of imide groups is 1. The number of piperidine rings is 2. The lowest BCUT2D eigenvalue weighted by Gasteiger charge is -2.45. The average molecular weight is 236 g/mol. The van der Waals surface area contributed by atoms with Gasteiger partial charge in [0.1, 0.15) is 0 Å². The van der Waals surface area contributed by atoms with Gasteiger partial charge in [-0.15, -0.1) is 0 Å². The van der Waals surface area contributed by atoms with Crippen LogP contribution in [0.5, 0.6) is 0 Å². The summed E-state index contributed by atoms with van der Waals surface area (Å²) in [4.78, 5) is 26.1. The number of carbonyl (C=O) groups is 2. The molecule has 1 spiro atoms. The minimum Gasteiger partial charge on any atom is -0.300 e. The quantitative estimate of drug-likeness (QED) is 0.636. The van der Waals surface area contributed by atoms with Crippen LogP contribution < -0.4 is 5.32 Å². The highest BCUT2D eigenvalue weighted by Gasteiger charge is 2.55. The lowest BCUT2D eigenvalue weighted by atomic mass is 9.64. The molecule has 0 aromatic rings. The number of amides is 2. The second-order valence-electron chi connectivity index (χ2n) is 5.84. The summed E-state index contributed by atoms with van der Waals surface area (Å²) in [5.74, 6) is -0.150. The van der Waals surface area contributed by atoms with Gasteiger partial charge in [-0.25, -0.2) is 0 Å².